The Kier molecular flexibility index (Phi) is 5.03. The molecule has 35 heavy (non-hydrogen) atoms. The largest absolute Gasteiger partial charge is 0.494 e. The van der Waals surface area contributed by atoms with Crippen LogP contribution in [-0.4, -0.2) is 28.3 Å². The van der Waals surface area contributed by atoms with Gasteiger partial charge < -0.3 is 9.31 Å². The van der Waals surface area contributed by atoms with E-state index in [2.05, 4.69) is 100 Å². The Balaban J connectivity index is 1.48. The molecule has 0 bridgehead atoms. The van der Waals surface area contributed by atoms with Crippen LogP contribution in [-0.2, 0) is 9.31 Å². The molecule has 0 radical (unpaired) electrons. The van der Waals surface area contributed by atoms with Gasteiger partial charge in [0.2, 0.25) is 0 Å². The number of benzene rings is 4. The lowest BCUT2D eigenvalue weighted by molar-refractivity contribution is 0.00578. The summed E-state index contributed by atoms with van der Waals surface area (Å²) in [4.78, 5) is 10.1. The predicted molar refractivity (Wildman–Crippen MR) is 144 cm³/mol. The zero-order valence-electron chi connectivity index (χ0n) is 20.4. The van der Waals surface area contributed by atoms with Crippen LogP contribution in [0.2, 0.25) is 0 Å². The Morgan fingerprint density at radius 2 is 1.26 bits per heavy atom. The molecule has 5 aromatic rings. The second-order valence-corrected chi connectivity index (χ2v) is 10.2. The van der Waals surface area contributed by atoms with E-state index in [9.17, 15) is 0 Å². The van der Waals surface area contributed by atoms with Crippen LogP contribution in [0, 0.1) is 0 Å². The van der Waals surface area contributed by atoms with Crippen molar-refractivity contribution in [3.05, 3.63) is 91.0 Å². The monoisotopic (exact) mass is 458 g/mol. The van der Waals surface area contributed by atoms with Crippen molar-refractivity contribution in [1.29, 1.82) is 0 Å². The van der Waals surface area contributed by atoms with E-state index in [1.54, 1.807) is 0 Å². The minimum absolute atomic E-state index is 0.372. The molecule has 1 aliphatic rings. The molecule has 1 fully saturated rings. The first-order valence-electron chi connectivity index (χ1n) is 12.0. The van der Waals surface area contributed by atoms with Crippen molar-refractivity contribution < 1.29 is 9.31 Å². The minimum atomic E-state index is -0.393. The van der Waals surface area contributed by atoms with Crippen molar-refractivity contribution in [1.82, 2.24) is 9.97 Å². The highest BCUT2D eigenvalue weighted by Gasteiger charge is 2.51. The van der Waals surface area contributed by atoms with E-state index in [0.717, 1.165) is 38.6 Å². The maximum absolute atomic E-state index is 6.23. The quantitative estimate of drug-likeness (QED) is 0.231. The van der Waals surface area contributed by atoms with Gasteiger partial charge in [0.25, 0.3) is 0 Å². The fourth-order valence-electron chi connectivity index (χ4n) is 4.58. The van der Waals surface area contributed by atoms with Crippen LogP contribution in [0.4, 0.5) is 0 Å². The van der Waals surface area contributed by atoms with Crippen molar-refractivity contribution >= 4 is 34.3 Å². The maximum Gasteiger partial charge on any atom is 0.494 e. The summed E-state index contributed by atoms with van der Waals surface area (Å²) in [7, 11) is -0.393. The third-order valence-corrected chi connectivity index (χ3v) is 7.33. The molecule has 5 heteroatoms. The maximum atomic E-state index is 6.23. The van der Waals surface area contributed by atoms with Gasteiger partial charge in [0.05, 0.1) is 22.4 Å². The molecule has 1 aliphatic heterocycles. The highest BCUT2D eigenvalue weighted by molar-refractivity contribution is 6.62. The standard InChI is InChI=1S/C30H27BN2O2/c1-29(2)30(3,4)35-31(34-29)23-17-14-22(15-18-23)28-32-26(21-11-6-5-7-12-21)25-19-16-20-10-8-9-13-24(20)27(25)33-28/h5-19H,1-4H3. The van der Waals surface area contributed by atoms with E-state index < -0.39 is 7.12 Å². The summed E-state index contributed by atoms with van der Waals surface area (Å²) in [5, 5.41) is 3.34. The number of rotatable bonds is 3. The third kappa shape index (κ3) is 3.72. The Bertz CT molecular complexity index is 1530. The molecule has 0 amide bonds. The summed E-state index contributed by atoms with van der Waals surface area (Å²) < 4.78 is 12.5. The molecule has 4 nitrogen and oxygen atoms in total. The molecule has 0 saturated carbocycles. The first kappa shape index (κ1) is 22.0. The average Bonchev–Trinajstić information content (AvgIpc) is 3.10. The highest BCUT2D eigenvalue weighted by Crippen LogP contribution is 2.37. The van der Waals surface area contributed by atoms with Gasteiger partial charge in [-0.1, -0.05) is 84.9 Å². The van der Waals surface area contributed by atoms with E-state index in [1.807, 2.05) is 18.2 Å². The molecule has 4 aromatic carbocycles. The number of hydrogen-bond acceptors (Lipinski definition) is 4. The summed E-state index contributed by atoms with van der Waals surface area (Å²) in [5.41, 5.74) is 4.17. The molecule has 0 aliphatic carbocycles. The van der Waals surface area contributed by atoms with Crippen LogP contribution in [0.1, 0.15) is 27.7 Å². The number of fused-ring (bicyclic) bond motifs is 3. The van der Waals surface area contributed by atoms with Crippen LogP contribution in [0.5, 0.6) is 0 Å². The summed E-state index contributed by atoms with van der Waals surface area (Å²) in [6.07, 6.45) is 0. The molecule has 0 unspecified atom stereocenters. The normalized spacial score (nSPS) is 16.7. The van der Waals surface area contributed by atoms with Crippen LogP contribution in [0.15, 0.2) is 91.0 Å². The van der Waals surface area contributed by atoms with Crippen molar-refractivity contribution in [2.45, 2.75) is 38.9 Å². The zero-order chi connectivity index (χ0) is 24.2. The number of aromatic nitrogens is 2. The van der Waals surface area contributed by atoms with Gasteiger partial charge in [-0.3, -0.25) is 0 Å². The van der Waals surface area contributed by atoms with Crippen LogP contribution in [0.25, 0.3) is 44.3 Å². The zero-order valence-corrected chi connectivity index (χ0v) is 20.4. The van der Waals surface area contributed by atoms with Gasteiger partial charge in [0.15, 0.2) is 5.82 Å². The smallest absolute Gasteiger partial charge is 0.399 e. The van der Waals surface area contributed by atoms with Crippen molar-refractivity contribution in [2.75, 3.05) is 0 Å². The Morgan fingerprint density at radius 3 is 1.97 bits per heavy atom. The van der Waals surface area contributed by atoms with Gasteiger partial charge >= 0.3 is 7.12 Å². The van der Waals surface area contributed by atoms with Crippen LogP contribution in [0.3, 0.4) is 0 Å². The van der Waals surface area contributed by atoms with Crippen molar-refractivity contribution in [2.24, 2.45) is 0 Å². The van der Waals surface area contributed by atoms with Gasteiger partial charge in [-0.15, -0.1) is 0 Å². The van der Waals surface area contributed by atoms with E-state index in [1.165, 1.54) is 5.39 Å². The molecule has 172 valence electrons. The SMILES string of the molecule is CC1(C)OB(c2ccc(-c3nc(-c4ccccc4)c4ccc5ccccc5c4n3)cc2)OC1(C)C. The summed E-state index contributed by atoms with van der Waals surface area (Å²) in [6, 6.07) is 31.2. The van der Waals surface area contributed by atoms with Gasteiger partial charge in [-0.2, -0.15) is 0 Å². The molecule has 6 rings (SSSR count). The van der Waals surface area contributed by atoms with E-state index in [-0.39, 0.29) is 11.2 Å². The first-order valence-corrected chi connectivity index (χ1v) is 12.0. The summed E-state index contributed by atoms with van der Waals surface area (Å²) in [6.45, 7) is 8.28. The second-order valence-electron chi connectivity index (χ2n) is 10.2. The molecule has 0 atom stereocenters. The highest BCUT2D eigenvalue weighted by atomic mass is 16.7. The fourth-order valence-corrected chi connectivity index (χ4v) is 4.58. The third-order valence-electron chi connectivity index (χ3n) is 7.33. The van der Waals surface area contributed by atoms with Crippen molar-refractivity contribution in [3.63, 3.8) is 0 Å². The topological polar surface area (TPSA) is 44.2 Å². The van der Waals surface area contributed by atoms with E-state index >= 15 is 0 Å². The lowest BCUT2D eigenvalue weighted by Crippen LogP contribution is -2.41. The first-order chi connectivity index (χ1) is 16.8. The van der Waals surface area contributed by atoms with E-state index in [0.29, 0.717) is 5.82 Å². The molecule has 1 aromatic heterocycles. The fraction of sp³-hybridized carbons (Fsp3) is 0.200. The number of hydrogen-bond donors (Lipinski definition) is 0. The van der Waals surface area contributed by atoms with Gasteiger partial charge in [0, 0.05) is 21.9 Å². The molecule has 2 heterocycles. The average molecular weight is 458 g/mol. The molecular formula is C30H27BN2O2. The van der Waals surface area contributed by atoms with Crippen LogP contribution >= 0.6 is 0 Å². The van der Waals surface area contributed by atoms with Crippen LogP contribution < -0.4 is 5.46 Å². The second kappa shape index (κ2) is 8.01. The van der Waals surface area contributed by atoms with Gasteiger partial charge in [-0.25, -0.2) is 9.97 Å². The summed E-state index contributed by atoms with van der Waals surface area (Å²) in [5.74, 6) is 0.702. The Morgan fingerprint density at radius 1 is 0.600 bits per heavy atom. The predicted octanol–water partition coefficient (Wildman–Crippen LogP) is 6.42. The molecule has 0 N–H and O–H groups in total. The molecule has 0 spiro atoms. The molecule has 1 saturated heterocycles. The lowest BCUT2D eigenvalue weighted by Gasteiger charge is -2.32. The van der Waals surface area contributed by atoms with Gasteiger partial charge in [0.1, 0.15) is 0 Å². The lowest BCUT2D eigenvalue weighted by atomic mass is 9.79. The van der Waals surface area contributed by atoms with Crippen molar-refractivity contribution in [3.8, 4) is 22.6 Å². The minimum Gasteiger partial charge on any atom is -0.399 e. The summed E-state index contributed by atoms with van der Waals surface area (Å²) >= 11 is 0. The molecular weight excluding hydrogens is 431 g/mol. The van der Waals surface area contributed by atoms with Gasteiger partial charge in [-0.05, 0) is 44.6 Å². The van der Waals surface area contributed by atoms with E-state index in [4.69, 9.17) is 19.3 Å². The Hall–Kier alpha value is -3.54. The Labute approximate surface area is 206 Å². The number of nitrogens with zero attached hydrogens (tertiary/aromatic N) is 2.